The van der Waals surface area contributed by atoms with Crippen LogP contribution in [0.25, 0.3) is 0 Å². The molecule has 0 amide bonds. The molecule has 0 aliphatic heterocycles. The second-order valence-electron chi connectivity index (χ2n) is 3.05. The van der Waals surface area contributed by atoms with Gasteiger partial charge in [0.25, 0.3) is 0 Å². The molecule has 0 aliphatic carbocycles. The van der Waals surface area contributed by atoms with Gasteiger partial charge in [-0.2, -0.15) is 13.2 Å². The van der Waals surface area contributed by atoms with Crippen molar-refractivity contribution in [2.75, 3.05) is 0 Å². The van der Waals surface area contributed by atoms with Gasteiger partial charge in [-0.3, -0.25) is 0 Å². The normalized spacial score (nSPS) is 11.5. The number of carbonyl (C=O) groups excluding carboxylic acids is 1. The summed E-state index contributed by atoms with van der Waals surface area (Å²) in [5.74, 6) is -0.939. The molecule has 0 heterocycles. The van der Waals surface area contributed by atoms with Crippen molar-refractivity contribution in [2.24, 2.45) is 0 Å². The Balaban J connectivity index is 3.00. The third kappa shape index (κ3) is 3.34. The van der Waals surface area contributed by atoms with Crippen LogP contribution >= 0.6 is 0 Å². The van der Waals surface area contributed by atoms with Gasteiger partial charge in [0.05, 0.1) is 5.56 Å². The summed E-state index contributed by atoms with van der Waals surface area (Å²) in [6, 6.07) is 2.29. The minimum atomic E-state index is -4.56. The molecule has 1 nitrogen and oxygen atoms in total. The van der Waals surface area contributed by atoms with Crippen LogP contribution in [0.5, 0.6) is 0 Å². The Labute approximate surface area is 83.7 Å². The predicted octanol–water partition coefficient (Wildman–Crippen LogP) is 2.98. The first kappa shape index (κ1) is 11.7. The second-order valence-corrected chi connectivity index (χ2v) is 3.05. The van der Waals surface area contributed by atoms with Crippen LogP contribution in [0.3, 0.4) is 0 Å². The highest BCUT2D eigenvalue weighted by Crippen LogP contribution is 2.30. The Morgan fingerprint density at radius 2 is 1.87 bits per heavy atom. The highest BCUT2D eigenvalue weighted by atomic mass is 19.4. The van der Waals surface area contributed by atoms with Gasteiger partial charge >= 0.3 is 6.18 Å². The topological polar surface area (TPSA) is 17.1 Å². The van der Waals surface area contributed by atoms with Crippen LogP contribution in [0, 0.1) is 5.82 Å². The van der Waals surface area contributed by atoms with E-state index in [1.807, 2.05) is 0 Å². The molecule has 0 radical (unpaired) electrons. The number of benzene rings is 1. The van der Waals surface area contributed by atoms with Crippen LogP contribution in [0.1, 0.15) is 17.5 Å². The van der Waals surface area contributed by atoms with Gasteiger partial charge in [0.1, 0.15) is 12.1 Å². The quantitative estimate of drug-likeness (QED) is 0.565. The van der Waals surface area contributed by atoms with E-state index in [1.165, 1.54) is 0 Å². The number of halogens is 4. The molecule has 0 bridgehead atoms. The van der Waals surface area contributed by atoms with Gasteiger partial charge in [0, 0.05) is 6.42 Å². The average molecular weight is 220 g/mol. The molecule has 1 aromatic carbocycles. The molecule has 0 saturated heterocycles. The molecule has 82 valence electrons. The van der Waals surface area contributed by atoms with E-state index in [2.05, 4.69) is 0 Å². The number of alkyl halides is 3. The van der Waals surface area contributed by atoms with E-state index in [1.54, 1.807) is 0 Å². The maximum absolute atomic E-state index is 12.8. The second kappa shape index (κ2) is 4.42. The molecule has 1 rings (SSSR count). The lowest BCUT2D eigenvalue weighted by molar-refractivity contribution is -0.137. The number of rotatable bonds is 3. The molecule has 0 fully saturated rings. The van der Waals surface area contributed by atoms with Gasteiger partial charge < -0.3 is 4.79 Å². The molecule has 5 heteroatoms. The molecule has 0 aliphatic rings. The first-order valence-corrected chi connectivity index (χ1v) is 4.24. The molecule has 15 heavy (non-hydrogen) atoms. The number of aldehydes is 1. The zero-order chi connectivity index (χ0) is 11.5. The summed E-state index contributed by atoms with van der Waals surface area (Å²) < 4.78 is 49.5. The van der Waals surface area contributed by atoms with E-state index >= 15 is 0 Å². The highest BCUT2D eigenvalue weighted by molar-refractivity contribution is 5.50. The molecule has 0 N–H and O–H groups in total. The fourth-order valence-corrected chi connectivity index (χ4v) is 1.18. The van der Waals surface area contributed by atoms with Crippen LogP contribution in [0.4, 0.5) is 17.6 Å². The molecule has 0 saturated carbocycles. The minimum absolute atomic E-state index is 0.0841. The Kier molecular flexibility index (Phi) is 3.44. The average Bonchev–Trinajstić information content (AvgIpc) is 2.12. The first-order chi connectivity index (χ1) is 6.93. The van der Waals surface area contributed by atoms with Crippen molar-refractivity contribution < 1.29 is 22.4 Å². The largest absolute Gasteiger partial charge is 0.416 e. The number of aryl methyl sites for hydroxylation is 1. The fraction of sp³-hybridized carbons (Fsp3) is 0.300. The Hall–Kier alpha value is -1.39. The summed E-state index contributed by atoms with van der Waals surface area (Å²) in [6.45, 7) is 0. The predicted molar refractivity (Wildman–Crippen MR) is 45.8 cm³/mol. The first-order valence-electron chi connectivity index (χ1n) is 4.24. The van der Waals surface area contributed by atoms with Crippen LogP contribution < -0.4 is 0 Å². The Bertz CT molecular complexity index is 357. The van der Waals surface area contributed by atoms with E-state index in [9.17, 15) is 22.4 Å². The van der Waals surface area contributed by atoms with Gasteiger partial charge in [-0.1, -0.05) is 0 Å². The lowest BCUT2D eigenvalue weighted by atomic mass is 10.1. The third-order valence-electron chi connectivity index (χ3n) is 1.84. The van der Waals surface area contributed by atoms with Gasteiger partial charge in [-0.05, 0) is 30.2 Å². The van der Waals surface area contributed by atoms with Gasteiger partial charge in [0.2, 0.25) is 0 Å². The molecule has 0 aromatic heterocycles. The van der Waals surface area contributed by atoms with Crippen LogP contribution in [0.2, 0.25) is 0 Å². The Morgan fingerprint density at radius 1 is 1.20 bits per heavy atom. The van der Waals surface area contributed by atoms with E-state index in [4.69, 9.17) is 0 Å². The standard InChI is InChI=1S/C10H8F4O/c11-9-5-7(2-1-3-15)4-8(6-9)10(12,13)14/h3-6H,1-2H2. The summed E-state index contributed by atoms with van der Waals surface area (Å²) in [5.41, 5.74) is -0.849. The van der Waals surface area contributed by atoms with Crippen molar-refractivity contribution in [1.82, 2.24) is 0 Å². The molecular weight excluding hydrogens is 212 g/mol. The van der Waals surface area contributed by atoms with E-state index < -0.39 is 17.6 Å². The molecule has 0 atom stereocenters. The molecular formula is C10H8F4O. The molecule has 1 aromatic rings. The number of carbonyl (C=O) groups is 1. The smallest absolute Gasteiger partial charge is 0.303 e. The highest BCUT2D eigenvalue weighted by Gasteiger charge is 2.31. The van der Waals surface area contributed by atoms with Crippen molar-refractivity contribution >= 4 is 6.29 Å². The summed E-state index contributed by atoms with van der Waals surface area (Å²) in [5, 5.41) is 0. The van der Waals surface area contributed by atoms with Gasteiger partial charge in [0.15, 0.2) is 0 Å². The maximum Gasteiger partial charge on any atom is 0.416 e. The van der Waals surface area contributed by atoms with Crippen LogP contribution in [0.15, 0.2) is 18.2 Å². The summed E-state index contributed by atoms with van der Waals surface area (Å²) >= 11 is 0. The van der Waals surface area contributed by atoms with Crippen molar-refractivity contribution in [3.63, 3.8) is 0 Å². The van der Waals surface area contributed by atoms with Crippen LogP contribution in [-0.4, -0.2) is 6.29 Å². The van der Waals surface area contributed by atoms with Crippen molar-refractivity contribution in [1.29, 1.82) is 0 Å². The number of hydrogen-bond acceptors (Lipinski definition) is 1. The third-order valence-corrected chi connectivity index (χ3v) is 1.84. The van der Waals surface area contributed by atoms with Crippen molar-refractivity contribution in [2.45, 2.75) is 19.0 Å². The van der Waals surface area contributed by atoms with Crippen molar-refractivity contribution in [3.8, 4) is 0 Å². The van der Waals surface area contributed by atoms with Crippen LogP contribution in [-0.2, 0) is 17.4 Å². The summed E-state index contributed by atoms with van der Waals surface area (Å²) in [7, 11) is 0. The Morgan fingerprint density at radius 3 is 2.40 bits per heavy atom. The monoisotopic (exact) mass is 220 g/mol. The van der Waals surface area contributed by atoms with E-state index in [0.29, 0.717) is 12.4 Å². The lowest BCUT2D eigenvalue weighted by Gasteiger charge is -2.08. The van der Waals surface area contributed by atoms with Gasteiger partial charge in [-0.15, -0.1) is 0 Å². The van der Waals surface area contributed by atoms with E-state index in [0.717, 1.165) is 12.1 Å². The summed E-state index contributed by atoms with van der Waals surface area (Å²) in [4.78, 5) is 10.0. The molecule has 0 spiro atoms. The zero-order valence-corrected chi connectivity index (χ0v) is 7.64. The summed E-state index contributed by atoms with van der Waals surface area (Å²) in [6.07, 6.45) is -3.78. The minimum Gasteiger partial charge on any atom is -0.303 e. The van der Waals surface area contributed by atoms with Gasteiger partial charge in [-0.25, -0.2) is 4.39 Å². The maximum atomic E-state index is 12.8. The lowest BCUT2D eigenvalue weighted by Crippen LogP contribution is -2.06. The number of hydrogen-bond donors (Lipinski definition) is 0. The zero-order valence-electron chi connectivity index (χ0n) is 7.64. The fourth-order valence-electron chi connectivity index (χ4n) is 1.18. The van der Waals surface area contributed by atoms with Crippen molar-refractivity contribution in [3.05, 3.63) is 35.1 Å². The molecule has 0 unspecified atom stereocenters. The SMILES string of the molecule is O=CCCc1cc(F)cc(C(F)(F)F)c1. The van der Waals surface area contributed by atoms with E-state index in [-0.39, 0.29) is 18.4 Å².